The Kier molecular flexibility index (Phi) is 26.9. The predicted molar refractivity (Wildman–Crippen MR) is 559 cm³/mol. The van der Waals surface area contributed by atoms with E-state index in [-0.39, 0.29) is 35.4 Å². The van der Waals surface area contributed by atoms with Gasteiger partial charge in [0.1, 0.15) is 46.1 Å². The molecule has 0 bridgehead atoms. The van der Waals surface area contributed by atoms with Crippen LogP contribution in [0.2, 0.25) is 0 Å². The molecule has 0 radical (unpaired) electrons. The van der Waals surface area contributed by atoms with Crippen molar-refractivity contribution in [2.75, 3.05) is 72.5 Å². The average Bonchev–Trinajstić information content (AvgIpc) is 1.60. The molecule has 16 aromatic rings. The van der Waals surface area contributed by atoms with Crippen LogP contribution in [0.5, 0.6) is 0 Å². The summed E-state index contributed by atoms with van der Waals surface area (Å²) in [5.41, 5.74) is 24.4. The van der Waals surface area contributed by atoms with E-state index in [1.54, 1.807) is 39.5 Å². The molecule has 3 saturated heterocycles. The van der Waals surface area contributed by atoms with Gasteiger partial charge in [-0.2, -0.15) is 40.8 Å². The predicted octanol–water partition coefficient (Wildman–Crippen LogP) is 14.3. The Hall–Kier alpha value is -14.8. The highest BCUT2D eigenvalue weighted by Gasteiger charge is 2.39. The van der Waals surface area contributed by atoms with E-state index in [9.17, 15) is 28.8 Å². The number of aryl methyl sites for hydroxylation is 8. The van der Waals surface area contributed by atoms with Gasteiger partial charge in [-0.15, -0.1) is 0 Å². The maximum atomic E-state index is 12.7. The molecule has 0 unspecified atom stereocenters. The van der Waals surface area contributed by atoms with Gasteiger partial charge in [0.25, 0.3) is 0 Å². The molecule has 6 amide bonds. The highest BCUT2D eigenvalue weighted by atomic mass is 16.2. The van der Waals surface area contributed by atoms with Crippen LogP contribution < -0.4 is 0 Å². The number of fused-ring (bicyclic) bond motifs is 8. The lowest BCUT2D eigenvalue weighted by Crippen LogP contribution is -2.39. The third-order valence-electron chi connectivity index (χ3n) is 31.6. The molecule has 0 N–H and O–H groups in total. The van der Waals surface area contributed by atoms with E-state index in [0.29, 0.717) is 82.2 Å². The van der Waals surface area contributed by atoms with Crippen LogP contribution in [0.25, 0.3) is 134 Å². The Morgan fingerprint density at radius 2 is 0.521 bits per heavy atom. The Morgan fingerprint density at radius 1 is 0.274 bits per heavy atom. The molecule has 24 rings (SSSR count). The van der Waals surface area contributed by atoms with Crippen LogP contribution in [-0.2, 0) is 138 Å². The van der Waals surface area contributed by atoms with Gasteiger partial charge in [0.15, 0.2) is 0 Å². The van der Waals surface area contributed by atoms with E-state index in [4.69, 9.17) is 40.3 Å². The fourth-order valence-electron chi connectivity index (χ4n) is 23.5. The molecule has 1 aliphatic carbocycles. The van der Waals surface area contributed by atoms with E-state index < -0.39 is 0 Å². The van der Waals surface area contributed by atoms with Crippen molar-refractivity contribution in [2.45, 2.75) is 207 Å². The first-order valence-corrected chi connectivity index (χ1v) is 52.1. The number of nitrogens with zero attached hydrogens (tertiary/aromatic N) is 31. The van der Waals surface area contributed by atoms with Crippen LogP contribution in [0.15, 0.2) is 122 Å². The summed E-state index contributed by atoms with van der Waals surface area (Å²) in [4.78, 5) is 109. The first-order valence-electron chi connectivity index (χ1n) is 52.1. The van der Waals surface area contributed by atoms with Crippen molar-refractivity contribution in [1.82, 2.24) is 151 Å². The van der Waals surface area contributed by atoms with Gasteiger partial charge in [-0.3, -0.25) is 66.2 Å². The van der Waals surface area contributed by atoms with Crippen LogP contribution >= 0.6 is 0 Å². The Morgan fingerprint density at radius 3 is 0.767 bits per heavy atom. The van der Waals surface area contributed by atoms with Gasteiger partial charge < -0.3 is 52.6 Å². The van der Waals surface area contributed by atoms with Crippen LogP contribution in [0.4, 0.5) is 0 Å². The number of carbonyl (C=O) groups is 6. The molecular weight excluding hydrogens is 1840 g/mol. The zero-order chi connectivity index (χ0) is 101. The second-order valence-corrected chi connectivity index (χ2v) is 41.0. The summed E-state index contributed by atoms with van der Waals surface area (Å²) in [5, 5.41) is 40.8. The molecule has 8 aliphatic rings. The Labute approximate surface area is 848 Å². The van der Waals surface area contributed by atoms with Crippen LogP contribution in [0.3, 0.4) is 0 Å². The summed E-state index contributed by atoms with van der Waals surface area (Å²) >= 11 is 0. The highest BCUT2D eigenvalue weighted by Crippen LogP contribution is 2.46. The number of hydrogen-bond donors (Lipinski definition) is 0. The van der Waals surface area contributed by atoms with Crippen molar-refractivity contribution in [3.8, 4) is 90.1 Å². The van der Waals surface area contributed by atoms with Gasteiger partial charge in [-0.1, -0.05) is 64.3 Å². The first-order chi connectivity index (χ1) is 70.6. The van der Waals surface area contributed by atoms with Crippen molar-refractivity contribution >= 4 is 79.1 Å². The summed E-state index contributed by atoms with van der Waals surface area (Å²) < 4.78 is 24.4. The number of benzene rings is 4. The molecule has 4 fully saturated rings. The van der Waals surface area contributed by atoms with E-state index in [1.807, 2.05) is 175 Å². The molecule has 0 atom stereocenters. The Bertz CT molecular complexity index is 7680. The normalized spacial score (nSPS) is 16.7. The lowest BCUT2D eigenvalue weighted by atomic mass is 9.88. The highest BCUT2D eigenvalue weighted by molar-refractivity contribution is 6.00. The molecular formula is C109H133N31O6. The summed E-state index contributed by atoms with van der Waals surface area (Å²) in [5.74, 6) is 7.06. The smallest absolute Gasteiger partial charge is 0.222 e. The van der Waals surface area contributed by atoms with Crippen LogP contribution in [0, 0.1) is 0 Å². The van der Waals surface area contributed by atoms with Crippen molar-refractivity contribution < 1.29 is 28.8 Å². The SMILES string of the molecule is CC(=O)N1CCC(c2nc(-c3ccc4c(c3)c(-c3cnn(C)c3)nn4C)c3n2CCN(C(C)=O)C3)CC1.CCC(=O)N1CCn2c(C3CCCCC3)nc(-c3ccc4c(c3)c(-c3cnn(C)c3)nn4C)c2C1.CCC(=O)N1CCn2c(C3CCN(C(C)=O)CC3)nc(-c3ccc4c(c3)c(-c3cnn(C)c3)nn4C)c2C1.CCC(=O)N1CCn2c(C3CCN(C)CC3)nc(-c3ccc4c(c3)c(-c3cnn(C)c3)nn4C)c2C1. The quantitative estimate of drug-likeness (QED) is 0.0920. The summed E-state index contributed by atoms with van der Waals surface area (Å²) in [6, 6.07) is 25.8. The zero-order valence-corrected chi connectivity index (χ0v) is 86.8. The topological polar surface area (TPSA) is 339 Å². The fraction of sp³-hybridized carbons (Fsp3) is 0.468. The van der Waals surface area contributed by atoms with Crippen molar-refractivity contribution in [2.24, 2.45) is 56.4 Å². The molecule has 146 heavy (non-hydrogen) atoms. The number of likely N-dealkylation sites (tertiary alicyclic amines) is 3. The van der Waals surface area contributed by atoms with Crippen molar-refractivity contribution in [3.05, 3.63) is 168 Å². The maximum Gasteiger partial charge on any atom is 0.222 e. The van der Waals surface area contributed by atoms with Gasteiger partial charge in [-0.25, -0.2) is 19.9 Å². The number of amides is 6. The lowest BCUT2D eigenvalue weighted by Gasteiger charge is -2.33. The van der Waals surface area contributed by atoms with Crippen LogP contribution in [-0.4, -0.2) is 259 Å². The van der Waals surface area contributed by atoms with Gasteiger partial charge in [0.05, 0.1) is 119 Å². The molecule has 1 saturated carbocycles. The largest absolute Gasteiger partial charge is 0.343 e. The molecule has 760 valence electrons. The van der Waals surface area contributed by atoms with E-state index >= 15 is 0 Å². The van der Waals surface area contributed by atoms with Crippen LogP contribution in [0.1, 0.15) is 201 Å². The second kappa shape index (κ2) is 40.3. The number of hydrogen-bond acceptors (Lipinski definition) is 19. The van der Waals surface area contributed by atoms with Gasteiger partial charge in [-0.05, 0) is 120 Å². The molecule has 0 spiro atoms. The Balaban J connectivity index is 0.000000114. The number of carbonyl (C=O) groups excluding carboxylic acids is 6. The van der Waals surface area contributed by atoms with E-state index in [2.05, 4.69) is 123 Å². The molecule has 37 heteroatoms. The van der Waals surface area contributed by atoms with E-state index in [0.717, 1.165) is 279 Å². The second-order valence-electron chi connectivity index (χ2n) is 41.0. The number of rotatable bonds is 15. The molecule has 37 nitrogen and oxygen atoms in total. The molecule has 4 aromatic carbocycles. The third kappa shape index (κ3) is 18.7. The minimum Gasteiger partial charge on any atom is -0.343 e. The van der Waals surface area contributed by atoms with Crippen molar-refractivity contribution in [3.63, 3.8) is 0 Å². The third-order valence-corrected chi connectivity index (χ3v) is 31.6. The average molecular weight is 1970 g/mol. The lowest BCUT2D eigenvalue weighted by molar-refractivity contribution is -0.133. The summed E-state index contributed by atoms with van der Waals surface area (Å²) in [7, 11) is 17.7. The number of aromatic nitrogens is 24. The maximum absolute atomic E-state index is 12.7. The van der Waals surface area contributed by atoms with Gasteiger partial charge >= 0.3 is 0 Å². The van der Waals surface area contributed by atoms with E-state index in [1.165, 1.54) is 49.4 Å². The fourth-order valence-corrected chi connectivity index (χ4v) is 23.5. The zero-order valence-electron chi connectivity index (χ0n) is 86.8. The monoisotopic (exact) mass is 1970 g/mol. The standard InChI is InChI=1S/C28H34N8O2.C27H32N8O2.C27H34N8O.C27H33N7O/c1-5-25(38)35-12-13-36-24(17-35)27(30-28(36)19-8-10-34(11-9-19)18(2)37)20-6-7-23-22(14-20)26(31-33(23)4)21-15-29-32(3)16-21;1-17(36)33-9-7-19(8-10-33)27-29-26(24-16-34(18(2)37)11-12-35(24)27)20-5-6-23-22(13-20)25(30-32(23)4)21-14-28-31(3)15-21;1-5-24(36)34-12-13-35-23(17-34)26(29-27(35)18-8-10-31(2)11-9-18)19-6-7-22-21(14-19)25(30-33(22)4)20-15-28-32(3)16-20;1-4-24(35)33-12-13-34-23(17-33)26(29-27(34)18-8-6-5-7-9-18)19-10-11-22-21(14-19)25(30-32(22)3)20-15-28-31(2)16-20/h6-7,14-16,19H,5,8-13,17H2,1-4H3;5-6,13-15,19H,7-12,16H2,1-4H3;6-7,14-16,18H,5,8-13,17H2,1-4H3;10-11,14-16,18H,4-9,12-13,17H2,1-3H3. The minimum atomic E-state index is 0.0799. The molecule has 7 aliphatic heterocycles. The van der Waals surface area contributed by atoms with Crippen molar-refractivity contribution in [1.29, 1.82) is 0 Å². The summed E-state index contributed by atoms with van der Waals surface area (Å²) in [6.45, 7) is 24.3. The first kappa shape index (κ1) is 97.3. The summed E-state index contributed by atoms with van der Waals surface area (Å²) in [6.07, 6.45) is 29.1. The van der Waals surface area contributed by atoms with Gasteiger partial charge in [0, 0.05) is 289 Å². The molecule has 12 aromatic heterocycles. The number of piperidine rings is 3. The molecule has 19 heterocycles. The van der Waals surface area contributed by atoms with Gasteiger partial charge in [0.2, 0.25) is 35.4 Å². The minimum absolute atomic E-state index is 0.0799. The number of imidazole rings is 4.